The van der Waals surface area contributed by atoms with E-state index in [1.54, 1.807) is 20.8 Å². The van der Waals surface area contributed by atoms with E-state index in [9.17, 15) is 9.90 Å². The van der Waals surface area contributed by atoms with Crippen LogP contribution in [0.25, 0.3) is 0 Å². The smallest absolute Gasteiger partial charge is 0.335 e. The fourth-order valence-corrected chi connectivity index (χ4v) is 1.45. The summed E-state index contributed by atoms with van der Waals surface area (Å²) in [5.41, 5.74) is 0.484. The van der Waals surface area contributed by atoms with E-state index in [-0.39, 0.29) is 6.42 Å². The van der Waals surface area contributed by atoms with Crippen molar-refractivity contribution in [3.8, 4) is 0 Å². The first-order valence-electron chi connectivity index (χ1n) is 6.41. The highest BCUT2D eigenvalue weighted by Crippen LogP contribution is 2.10. The fourth-order valence-electron chi connectivity index (χ4n) is 1.45. The molecule has 0 aliphatic rings. The van der Waals surface area contributed by atoms with Crippen molar-refractivity contribution in [3.05, 3.63) is 35.9 Å². The van der Waals surface area contributed by atoms with Crippen molar-refractivity contribution in [1.82, 2.24) is 0 Å². The van der Waals surface area contributed by atoms with Gasteiger partial charge in [-0.3, -0.25) is 0 Å². The van der Waals surface area contributed by atoms with Gasteiger partial charge in [0, 0.05) is 6.42 Å². The molecule has 106 valence electrons. The molecule has 0 aromatic heterocycles. The molecule has 4 nitrogen and oxygen atoms in total. The Balaban J connectivity index is 2.20. The summed E-state index contributed by atoms with van der Waals surface area (Å²) in [6.07, 6.45) is -0.892. The van der Waals surface area contributed by atoms with E-state index in [4.69, 9.17) is 9.47 Å². The van der Waals surface area contributed by atoms with Crippen LogP contribution in [0.15, 0.2) is 30.3 Å². The number of hydrogen-bond acceptors (Lipinski definition) is 4. The van der Waals surface area contributed by atoms with Gasteiger partial charge in [-0.05, 0) is 26.3 Å². The highest BCUT2D eigenvalue weighted by molar-refractivity contribution is 5.74. The van der Waals surface area contributed by atoms with Crippen LogP contribution in [0.5, 0.6) is 0 Å². The Kier molecular flexibility index (Phi) is 5.99. The van der Waals surface area contributed by atoms with Crippen LogP contribution in [0, 0.1) is 0 Å². The van der Waals surface area contributed by atoms with Gasteiger partial charge in [0.25, 0.3) is 0 Å². The number of esters is 1. The molecule has 0 aliphatic carbocycles. The van der Waals surface area contributed by atoms with Crippen molar-refractivity contribution in [2.24, 2.45) is 0 Å². The molecule has 0 unspecified atom stereocenters. The van der Waals surface area contributed by atoms with Crippen molar-refractivity contribution >= 4 is 5.97 Å². The van der Waals surface area contributed by atoms with E-state index in [0.717, 1.165) is 5.56 Å². The number of benzene rings is 1. The van der Waals surface area contributed by atoms with Crippen LogP contribution in [0.1, 0.15) is 32.8 Å². The van der Waals surface area contributed by atoms with Crippen LogP contribution in [0.2, 0.25) is 0 Å². The molecule has 0 saturated carbocycles. The molecule has 0 radical (unpaired) electrons. The number of aliphatic hydroxyl groups is 1. The van der Waals surface area contributed by atoms with Gasteiger partial charge in [-0.1, -0.05) is 30.3 Å². The summed E-state index contributed by atoms with van der Waals surface area (Å²) in [6.45, 7) is 6.09. The third-order valence-corrected chi connectivity index (χ3v) is 2.33. The minimum Gasteiger partial charge on any atom is -0.458 e. The van der Waals surface area contributed by atoms with Crippen LogP contribution in [0.3, 0.4) is 0 Å². The molecule has 0 fully saturated rings. The van der Waals surface area contributed by atoms with Crippen LogP contribution < -0.4 is 0 Å². The third kappa shape index (κ3) is 6.94. The summed E-state index contributed by atoms with van der Waals surface area (Å²) in [4.78, 5) is 11.5. The summed E-state index contributed by atoms with van der Waals surface area (Å²) >= 11 is 0. The third-order valence-electron chi connectivity index (χ3n) is 2.33. The van der Waals surface area contributed by atoms with Crippen LogP contribution in [0.4, 0.5) is 0 Å². The zero-order valence-electron chi connectivity index (χ0n) is 11.8. The quantitative estimate of drug-likeness (QED) is 0.634. The second-order valence-corrected chi connectivity index (χ2v) is 5.38. The van der Waals surface area contributed by atoms with Gasteiger partial charge in [0.2, 0.25) is 0 Å². The van der Waals surface area contributed by atoms with E-state index in [0.29, 0.717) is 13.2 Å². The van der Waals surface area contributed by atoms with Crippen molar-refractivity contribution in [2.45, 2.75) is 45.5 Å². The first-order valence-corrected chi connectivity index (χ1v) is 6.41. The van der Waals surface area contributed by atoms with Crippen molar-refractivity contribution in [3.63, 3.8) is 0 Å². The Morgan fingerprint density at radius 1 is 1.26 bits per heavy atom. The second-order valence-electron chi connectivity index (χ2n) is 5.38. The molecule has 0 saturated heterocycles. The average molecular weight is 266 g/mol. The minimum atomic E-state index is -1.13. The predicted octanol–water partition coefficient (Wildman–Crippen LogP) is 2.30. The number of hydrogen-bond donors (Lipinski definition) is 1. The molecule has 1 N–H and O–H groups in total. The molecule has 0 bridgehead atoms. The topological polar surface area (TPSA) is 55.8 Å². The number of ether oxygens (including phenoxy) is 2. The summed E-state index contributed by atoms with van der Waals surface area (Å²) < 4.78 is 10.5. The van der Waals surface area contributed by atoms with E-state index in [1.165, 1.54) is 0 Å². The highest BCUT2D eigenvalue weighted by atomic mass is 16.6. The maximum Gasteiger partial charge on any atom is 0.335 e. The molecule has 4 heteroatoms. The lowest BCUT2D eigenvalue weighted by Crippen LogP contribution is -2.32. The van der Waals surface area contributed by atoms with Crippen molar-refractivity contribution in [2.75, 3.05) is 6.61 Å². The molecule has 0 heterocycles. The number of rotatable bonds is 6. The normalized spacial score (nSPS) is 13.1. The summed E-state index contributed by atoms with van der Waals surface area (Å²) in [5.74, 6) is -0.601. The molecule has 1 aromatic carbocycles. The molecule has 19 heavy (non-hydrogen) atoms. The molecular formula is C15H22O4. The van der Waals surface area contributed by atoms with Crippen LogP contribution in [-0.2, 0) is 20.9 Å². The largest absolute Gasteiger partial charge is 0.458 e. The molecule has 1 rings (SSSR count). The predicted molar refractivity (Wildman–Crippen MR) is 72.6 cm³/mol. The summed E-state index contributed by atoms with van der Waals surface area (Å²) in [5, 5.41) is 9.62. The Hall–Kier alpha value is -1.39. The van der Waals surface area contributed by atoms with Gasteiger partial charge in [0.05, 0.1) is 13.2 Å². The summed E-state index contributed by atoms with van der Waals surface area (Å²) in [7, 11) is 0. The van der Waals surface area contributed by atoms with Gasteiger partial charge in [-0.15, -0.1) is 0 Å². The Morgan fingerprint density at radius 3 is 2.47 bits per heavy atom. The fraction of sp³-hybridized carbons (Fsp3) is 0.533. The first-order chi connectivity index (χ1) is 8.88. The maximum absolute atomic E-state index is 11.5. The van der Waals surface area contributed by atoms with Gasteiger partial charge in [-0.25, -0.2) is 4.79 Å². The molecule has 0 aliphatic heterocycles. The van der Waals surface area contributed by atoms with E-state index in [2.05, 4.69) is 0 Å². The highest BCUT2D eigenvalue weighted by Gasteiger charge is 2.22. The lowest BCUT2D eigenvalue weighted by molar-refractivity contribution is -0.166. The van der Waals surface area contributed by atoms with Gasteiger partial charge >= 0.3 is 5.97 Å². The lowest BCUT2D eigenvalue weighted by Gasteiger charge is -2.21. The molecule has 0 amide bonds. The van der Waals surface area contributed by atoms with Crippen molar-refractivity contribution < 1.29 is 19.4 Å². The Morgan fingerprint density at radius 2 is 1.89 bits per heavy atom. The molecule has 1 aromatic rings. The van der Waals surface area contributed by atoms with Crippen LogP contribution >= 0.6 is 0 Å². The Bertz CT molecular complexity index is 381. The number of carbonyl (C=O) groups is 1. The van der Waals surface area contributed by atoms with E-state index >= 15 is 0 Å². The van der Waals surface area contributed by atoms with E-state index in [1.807, 2.05) is 30.3 Å². The second kappa shape index (κ2) is 7.26. The van der Waals surface area contributed by atoms with Gasteiger partial charge in [0.1, 0.15) is 5.60 Å². The molecule has 1 atom stereocenters. The number of aliphatic hydroxyl groups excluding tert-OH is 1. The maximum atomic E-state index is 11.5. The van der Waals surface area contributed by atoms with Gasteiger partial charge in [0.15, 0.2) is 6.10 Å². The standard InChI is InChI=1S/C15H22O4/c1-15(2,3)19-14(17)13(16)9-10-18-11-12-7-5-4-6-8-12/h4-8,13,16H,9-11H2,1-3H3/t13-/m0/s1. The first kappa shape index (κ1) is 15.7. The zero-order chi connectivity index (χ0) is 14.3. The van der Waals surface area contributed by atoms with E-state index < -0.39 is 17.7 Å². The zero-order valence-corrected chi connectivity index (χ0v) is 11.8. The van der Waals surface area contributed by atoms with Gasteiger partial charge in [-0.2, -0.15) is 0 Å². The van der Waals surface area contributed by atoms with Crippen molar-refractivity contribution in [1.29, 1.82) is 0 Å². The molecular weight excluding hydrogens is 244 g/mol. The van der Waals surface area contributed by atoms with Crippen LogP contribution in [-0.4, -0.2) is 29.4 Å². The molecule has 0 spiro atoms. The average Bonchev–Trinajstić information content (AvgIpc) is 2.33. The lowest BCUT2D eigenvalue weighted by atomic mass is 10.2. The SMILES string of the molecule is CC(C)(C)OC(=O)[C@@H](O)CCOCc1ccccc1. The number of carbonyl (C=O) groups excluding carboxylic acids is 1. The van der Waals surface area contributed by atoms with Gasteiger partial charge < -0.3 is 14.6 Å². The Labute approximate surface area is 114 Å². The summed E-state index contributed by atoms with van der Waals surface area (Å²) in [6, 6.07) is 9.74. The minimum absolute atomic E-state index is 0.238. The monoisotopic (exact) mass is 266 g/mol.